The molecule has 2 aromatic carbocycles. The number of aromatic nitrogens is 3. The van der Waals surface area contributed by atoms with Crippen LogP contribution in [0.2, 0.25) is 0 Å². The monoisotopic (exact) mass is 563 g/mol. The van der Waals surface area contributed by atoms with Crippen molar-refractivity contribution in [3.8, 4) is 22.5 Å². The highest BCUT2D eigenvalue weighted by molar-refractivity contribution is 7.14. The van der Waals surface area contributed by atoms with Crippen LogP contribution in [-0.2, 0) is 12.4 Å². The fourth-order valence-electron chi connectivity index (χ4n) is 3.44. The molecule has 0 aliphatic carbocycles. The molecule has 38 heavy (non-hydrogen) atoms. The van der Waals surface area contributed by atoms with Crippen LogP contribution in [0.15, 0.2) is 77.8 Å². The molecule has 3 aromatic heterocycles. The van der Waals surface area contributed by atoms with Gasteiger partial charge in [0.05, 0.1) is 22.5 Å². The molecule has 2 N–H and O–H groups in total. The predicted octanol–water partition coefficient (Wildman–Crippen LogP) is 8.85. The van der Waals surface area contributed by atoms with Crippen molar-refractivity contribution < 1.29 is 26.3 Å². The molecule has 0 radical (unpaired) electrons. The molecule has 194 valence electrons. The molecule has 0 aliphatic rings. The number of rotatable bonds is 6. The zero-order chi connectivity index (χ0) is 26.9. The average molecular weight is 564 g/mol. The molecule has 5 nitrogen and oxygen atoms in total. The molecular formula is C25H15F6N5S2. The number of halogens is 6. The third-order valence-corrected chi connectivity index (χ3v) is 6.74. The SMILES string of the molecule is FC(F)(F)c1cccc(Nc2nc(-c3cncc(-c4csc(Nc5cccc(C(F)(F)F)c5)n4)c3)cs2)c1. The van der Waals surface area contributed by atoms with Crippen molar-refractivity contribution in [3.63, 3.8) is 0 Å². The fourth-order valence-corrected chi connectivity index (χ4v) is 4.92. The second kappa shape index (κ2) is 10.1. The number of alkyl halides is 6. The van der Waals surface area contributed by atoms with Crippen molar-refractivity contribution in [2.45, 2.75) is 12.4 Å². The van der Waals surface area contributed by atoms with Crippen LogP contribution < -0.4 is 10.6 Å². The number of benzene rings is 2. The first-order chi connectivity index (χ1) is 18.0. The van der Waals surface area contributed by atoms with E-state index in [0.29, 0.717) is 32.8 Å². The molecular weight excluding hydrogens is 548 g/mol. The lowest BCUT2D eigenvalue weighted by atomic mass is 10.1. The van der Waals surface area contributed by atoms with Gasteiger partial charge in [0.25, 0.3) is 0 Å². The first-order valence-electron chi connectivity index (χ1n) is 10.8. The lowest BCUT2D eigenvalue weighted by Crippen LogP contribution is -2.05. The first kappa shape index (κ1) is 25.7. The van der Waals surface area contributed by atoms with E-state index in [-0.39, 0.29) is 11.4 Å². The molecule has 0 fully saturated rings. The fraction of sp³-hybridized carbons (Fsp3) is 0.0800. The van der Waals surface area contributed by atoms with Gasteiger partial charge in [-0.2, -0.15) is 26.3 Å². The highest BCUT2D eigenvalue weighted by Crippen LogP contribution is 2.35. The van der Waals surface area contributed by atoms with E-state index in [1.165, 1.54) is 46.9 Å². The third kappa shape index (κ3) is 5.94. The maximum Gasteiger partial charge on any atom is 0.416 e. The van der Waals surface area contributed by atoms with Crippen LogP contribution in [0.1, 0.15) is 11.1 Å². The maximum absolute atomic E-state index is 13.0. The summed E-state index contributed by atoms with van der Waals surface area (Å²) >= 11 is 2.46. The normalized spacial score (nSPS) is 11.9. The summed E-state index contributed by atoms with van der Waals surface area (Å²) in [5.74, 6) is 0. The number of thiazole rings is 2. The van der Waals surface area contributed by atoms with Gasteiger partial charge >= 0.3 is 12.4 Å². The smallest absolute Gasteiger partial charge is 0.332 e. The molecule has 0 aliphatic heterocycles. The Morgan fingerprint density at radius 3 is 1.47 bits per heavy atom. The molecule has 0 amide bonds. The van der Waals surface area contributed by atoms with Gasteiger partial charge in [-0.25, -0.2) is 9.97 Å². The van der Waals surface area contributed by atoms with Crippen molar-refractivity contribution in [2.75, 3.05) is 10.6 Å². The molecule has 0 unspecified atom stereocenters. The summed E-state index contributed by atoms with van der Waals surface area (Å²) < 4.78 is 77.9. The number of hydrogen-bond acceptors (Lipinski definition) is 7. The van der Waals surface area contributed by atoms with E-state index in [4.69, 9.17) is 0 Å². The molecule has 0 spiro atoms. The van der Waals surface area contributed by atoms with Gasteiger partial charge in [-0.15, -0.1) is 22.7 Å². The Morgan fingerprint density at radius 1 is 0.605 bits per heavy atom. The van der Waals surface area contributed by atoms with Gasteiger partial charge < -0.3 is 10.6 Å². The number of anilines is 4. The highest BCUT2D eigenvalue weighted by Gasteiger charge is 2.31. The van der Waals surface area contributed by atoms with Crippen LogP contribution in [0.3, 0.4) is 0 Å². The molecule has 0 bridgehead atoms. The third-order valence-electron chi connectivity index (χ3n) is 5.22. The first-order valence-corrected chi connectivity index (χ1v) is 12.6. The Hall–Kier alpha value is -3.97. The van der Waals surface area contributed by atoms with Crippen LogP contribution in [0.4, 0.5) is 48.0 Å². The van der Waals surface area contributed by atoms with Crippen LogP contribution in [0.25, 0.3) is 22.5 Å². The summed E-state index contributed by atoms with van der Waals surface area (Å²) in [5, 5.41) is 10.1. The van der Waals surface area contributed by atoms with E-state index in [1.807, 2.05) is 0 Å². The van der Waals surface area contributed by atoms with Gasteiger partial charge in [0, 0.05) is 45.7 Å². The second-order valence-corrected chi connectivity index (χ2v) is 9.66. The molecule has 0 saturated carbocycles. The highest BCUT2D eigenvalue weighted by atomic mass is 32.1. The van der Waals surface area contributed by atoms with E-state index in [1.54, 1.807) is 29.2 Å². The standard InChI is InChI=1S/C25H15F6N5S2/c26-24(27,28)16-3-1-5-18(8-16)33-22-35-20(12-37-22)14-7-15(11-32-10-14)21-13-38-23(36-21)34-19-6-2-4-17(9-19)25(29,30)31/h1-13H,(H,33,35)(H,34,36). The largest absolute Gasteiger partial charge is 0.416 e. The number of nitrogens with zero attached hydrogens (tertiary/aromatic N) is 3. The van der Waals surface area contributed by atoms with Gasteiger partial charge in [0.15, 0.2) is 10.3 Å². The van der Waals surface area contributed by atoms with Crippen LogP contribution in [-0.4, -0.2) is 15.0 Å². The predicted molar refractivity (Wildman–Crippen MR) is 136 cm³/mol. The van der Waals surface area contributed by atoms with Crippen LogP contribution in [0, 0.1) is 0 Å². The Labute approximate surface area is 219 Å². The molecule has 5 aromatic rings. The summed E-state index contributed by atoms with van der Waals surface area (Å²) in [6, 6.07) is 11.5. The lowest BCUT2D eigenvalue weighted by Gasteiger charge is -2.09. The van der Waals surface area contributed by atoms with Crippen molar-refractivity contribution in [1.82, 2.24) is 15.0 Å². The zero-order valence-corrected chi connectivity index (χ0v) is 20.6. The Balaban J connectivity index is 1.31. The number of nitrogens with one attached hydrogen (secondary N) is 2. The second-order valence-electron chi connectivity index (χ2n) is 7.95. The van der Waals surface area contributed by atoms with Crippen molar-refractivity contribution in [3.05, 3.63) is 88.9 Å². The molecule has 13 heteroatoms. The minimum absolute atomic E-state index is 0.260. The van der Waals surface area contributed by atoms with Gasteiger partial charge in [-0.3, -0.25) is 4.98 Å². The van der Waals surface area contributed by atoms with Crippen molar-refractivity contribution >= 4 is 44.3 Å². The van der Waals surface area contributed by atoms with Crippen molar-refractivity contribution in [2.24, 2.45) is 0 Å². The van der Waals surface area contributed by atoms with E-state index in [0.717, 1.165) is 24.3 Å². The number of pyridine rings is 1. The Morgan fingerprint density at radius 2 is 1.05 bits per heavy atom. The summed E-state index contributed by atoms with van der Waals surface area (Å²) in [6.07, 6.45) is -5.70. The summed E-state index contributed by atoms with van der Waals surface area (Å²) in [4.78, 5) is 13.2. The Bertz CT molecular complexity index is 1460. The molecule has 5 rings (SSSR count). The summed E-state index contributed by atoms with van der Waals surface area (Å²) in [7, 11) is 0. The summed E-state index contributed by atoms with van der Waals surface area (Å²) in [6.45, 7) is 0. The van der Waals surface area contributed by atoms with Gasteiger partial charge in [-0.05, 0) is 42.5 Å². The minimum atomic E-state index is -4.45. The topological polar surface area (TPSA) is 62.7 Å². The summed E-state index contributed by atoms with van der Waals surface area (Å²) in [5.41, 5.74) is 1.45. The van der Waals surface area contributed by atoms with E-state index >= 15 is 0 Å². The van der Waals surface area contributed by atoms with Crippen molar-refractivity contribution in [1.29, 1.82) is 0 Å². The van der Waals surface area contributed by atoms with E-state index in [2.05, 4.69) is 25.6 Å². The zero-order valence-electron chi connectivity index (χ0n) is 18.9. The molecule has 0 atom stereocenters. The maximum atomic E-state index is 13.0. The van der Waals surface area contributed by atoms with E-state index < -0.39 is 23.5 Å². The van der Waals surface area contributed by atoms with Crippen LogP contribution >= 0.6 is 22.7 Å². The van der Waals surface area contributed by atoms with Gasteiger partial charge in [-0.1, -0.05) is 12.1 Å². The number of hydrogen-bond donors (Lipinski definition) is 2. The van der Waals surface area contributed by atoms with E-state index in [9.17, 15) is 26.3 Å². The lowest BCUT2D eigenvalue weighted by molar-refractivity contribution is -0.138. The Kier molecular flexibility index (Phi) is 6.80. The van der Waals surface area contributed by atoms with Gasteiger partial charge in [0.2, 0.25) is 0 Å². The molecule has 3 heterocycles. The quantitative estimate of drug-likeness (QED) is 0.202. The minimum Gasteiger partial charge on any atom is -0.332 e. The van der Waals surface area contributed by atoms with Gasteiger partial charge in [0.1, 0.15) is 0 Å². The molecule has 0 saturated heterocycles. The average Bonchev–Trinajstić information content (AvgIpc) is 3.53. The van der Waals surface area contributed by atoms with Crippen LogP contribution in [0.5, 0.6) is 0 Å².